The highest BCUT2D eigenvalue weighted by Gasteiger charge is 2.35. The Hall–Kier alpha value is -2.60. The van der Waals surface area contributed by atoms with Crippen molar-refractivity contribution in [2.45, 2.75) is 31.8 Å². The minimum Gasteiger partial charge on any atom is -0.479 e. The van der Waals surface area contributed by atoms with E-state index in [2.05, 4.69) is 9.97 Å². The van der Waals surface area contributed by atoms with Crippen LogP contribution in [0.4, 0.5) is 0 Å². The van der Waals surface area contributed by atoms with Crippen LogP contribution in [-0.4, -0.2) is 40.0 Å². The molecule has 0 spiro atoms. The van der Waals surface area contributed by atoms with Gasteiger partial charge in [0.2, 0.25) is 0 Å². The number of benzene rings is 1. The number of furan rings is 1. The highest BCUT2D eigenvalue weighted by Crippen LogP contribution is 2.42. The lowest BCUT2D eigenvalue weighted by molar-refractivity contribution is -0.138. The lowest BCUT2D eigenvalue weighted by Crippen LogP contribution is -2.43. The van der Waals surface area contributed by atoms with E-state index < -0.39 is 6.10 Å². The summed E-state index contributed by atoms with van der Waals surface area (Å²) in [6.45, 7) is 1.61. The molecule has 7 heteroatoms. The van der Waals surface area contributed by atoms with Crippen LogP contribution in [0.25, 0.3) is 22.4 Å². The third-order valence-electron chi connectivity index (χ3n) is 5.24. The zero-order chi connectivity index (χ0) is 18.4. The van der Waals surface area contributed by atoms with Gasteiger partial charge in [-0.1, -0.05) is 11.6 Å². The largest absolute Gasteiger partial charge is 0.479 e. The van der Waals surface area contributed by atoms with Gasteiger partial charge in [-0.25, -0.2) is 9.97 Å². The van der Waals surface area contributed by atoms with Crippen LogP contribution >= 0.6 is 11.6 Å². The molecule has 4 heterocycles. The van der Waals surface area contributed by atoms with Crippen molar-refractivity contribution >= 4 is 28.6 Å². The van der Waals surface area contributed by atoms with Gasteiger partial charge in [-0.3, -0.25) is 4.79 Å². The van der Waals surface area contributed by atoms with Crippen LogP contribution in [0.15, 0.2) is 35.2 Å². The summed E-state index contributed by atoms with van der Waals surface area (Å²) in [6.07, 6.45) is 6.37. The highest BCUT2D eigenvalue weighted by atomic mass is 35.5. The van der Waals surface area contributed by atoms with Gasteiger partial charge in [-0.05, 0) is 31.4 Å². The maximum atomic E-state index is 12.9. The topological polar surface area (TPSA) is 68.5 Å². The number of amides is 1. The number of halogens is 1. The Bertz CT molecular complexity index is 1030. The fraction of sp³-hybridized carbons (Fsp3) is 0.350. The first kappa shape index (κ1) is 16.6. The summed E-state index contributed by atoms with van der Waals surface area (Å²) in [6, 6.07) is 5.46. The molecule has 0 N–H and O–H groups in total. The SMILES string of the molecule is O=C(C1Cc2cc(Cl)cc(-c3ncnc4ccoc34)c2O1)N1CCCCC1. The minimum absolute atomic E-state index is 0.0544. The summed E-state index contributed by atoms with van der Waals surface area (Å²) in [5, 5.41) is 0.580. The number of hydrogen-bond acceptors (Lipinski definition) is 5. The van der Waals surface area contributed by atoms with E-state index in [0.717, 1.165) is 37.1 Å². The van der Waals surface area contributed by atoms with E-state index in [9.17, 15) is 4.79 Å². The van der Waals surface area contributed by atoms with Gasteiger partial charge in [-0.15, -0.1) is 0 Å². The maximum absolute atomic E-state index is 12.9. The van der Waals surface area contributed by atoms with Crippen molar-refractivity contribution in [1.82, 2.24) is 14.9 Å². The zero-order valence-electron chi connectivity index (χ0n) is 14.7. The average Bonchev–Trinajstić information content (AvgIpc) is 3.34. The number of aromatic nitrogens is 2. The molecule has 2 aromatic heterocycles. The maximum Gasteiger partial charge on any atom is 0.263 e. The first-order valence-electron chi connectivity index (χ1n) is 9.17. The summed E-state index contributed by atoms with van der Waals surface area (Å²) in [5.74, 6) is 0.713. The third-order valence-corrected chi connectivity index (χ3v) is 5.46. The second-order valence-electron chi connectivity index (χ2n) is 7.00. The first-order valence-corrected chi connectivity index (χ1v) is 9.55. The summed E-state index contributed by atoms with van der Waals surface area (Å²) >= 11 is 6.35. The van der Waals surface area contributed by atoms with Crippen LogP contribution in [0.3, 0.4) is 0 Å². The van der Waals surface area contributed by atoms with Gasteiger partial charge < -0.3 is 14.1 Å². The lowest BCUT2D eigenvalue weighted by atomic mass is 10.0. The fourth-order valence-corrected chi connectivity index (χ4v) is 4.18. The van der Waals surface area contributed by atoms with Gasteiger partial charge in [0.15, 0.2) is 11.7 Å². The molecule has 1 atom stereocenters. The molecule has 2 aliphatic rings. The second-order valence-corrected chi connectivity index (χ2v) is 7.43. The summed E-state index contributed by atoms with van der Waals surface area (Å²) in [7, 11) is 0. The predicted octanol–water partition coefficient (Wildman–Crippen LogP) is 3.86. The Labute approximate surface area is 161 Å². The van der Waals surface area contributed by atoms with Crippen molar-refractivity contribution in [3.05, 3.63) is 41.4 Å². The van der Waals surface area contributed by atoms with Gasteiger partial charge >= 0.3 is 0 Å². The van der Waals surface area contributed by atoms with Gasteiger partial charge in [-0.2, -0.15) is 0 Å². The number of rotatable bonds is 2. The van der Waals surface area contributed by atoms with Gasteiger partial charge in [0.25, 0.3) is 5.91 Å². The highest BCUT2D eigenvalue weighted by molar-refractivity contribution is 6.31. The molecular formula is C20H18ClN3O3. The molecule has 0 radical (unpaired) electrons. The Morgan fingerprint density at radius 1 is 1.19 bits per heavy atom. The second kappa shape index (κ2) is 6.53. The van der Waals surface area contributed by atoms with E-state index in [1.165, 1.54) is 12.7 Å². The number of fused-ring (bicyclic) bond motifs is 2. The van der Waals surface area contributed by atoms with Crippen LogP contribution in [0.2, 0.25) is 5.02 Å². The number of nitrogens with zero attached hydrogens (tertiary/aromatic N) is 3. The molecule has 0 aliphatic carbocycles. The Balaban J connectivity index is 1.53. The van der Waals surface area contributed by atoms with E-state index in [4.69, 9.17) is 20.8 Å². The van der Waals surface area contributed by atoms with Crippen molar-refractivity contribution < 1.29 is 13.9 Å². The number of hydrogen-bond donors (Lipinski definition) is 0. The summed E-state index contributed by atoms with van der Waals surface area (Å²) in [4.78, 5) is 23.4. The molecule has 1 fully saturated rings. The van der Waals surface area contributed by atoms with Crippen LogP contribution in [0, 0.1) is 0 Å². The molecule has 1 amide bonds. The molecule has 27 heavy (non-hydrogen) atoms. The van der Waals surface area contributed by atoms with E-state index >= 15 is 0 Å². The molecule has 3 aromatic rings. The smallest absolute Gasteiger partial charge is 0.263 e. The number of piperidine rings is 1. The lowest BCUT2D eigenvalue weighted by Gasteiger charge is -2.28. The molecule has 5 rings (SSSR count). The van der Waals surface area contributed by atoms with Gasteiger partial charge in [0.05, 0.1) is 6.26 Å². The van der Waals surface area contributed by atoms with Crippen LogP contribution in [-0.2, 0) is 11.2 Å². The summed E-state index contributed by atoms with van der Waals surface area (Å²) in [5.41, 5.74) is 3.57. The monoisotopic (exact) mass is 383 g/mol. The number of ether oxygens (including phenoxy) is 1. The standard InChI is InChI=1S/C20H18ClN3O3/c21-13-8-12-9-16(20(25)24-5-2-1-3-6-24)27-18(12)14(10-13)17-19-15(4-7-26-19)22-11-23-17/h4,7-8,10-11,16H,1-3,5-6,9H2. The van der Waals surface area contributed by atoms with Crippen LogP contribution < -0.4 is 4.74 Å². The Kier molecular flexibility index (Phi) is 4.01. The Morgan fingerprint density at radius 3 is 2.89 bits per heavy atom. The molecular weight excluding hydrogens is 366 g/mol. The van der Waals surface area contributed by atoms with Gasteiger partial charge in [0, 0.05) is 41.7 Å². The third kappa shape index (κ3) is 2.84. The van der Waals surface area contributed by atoms with E-state index in [1.807, 2.05) is 11.0 Å². The molecule has 1 aromatic carbocycles. The fourth-order valence-electron chi connectivity index (χ4n) is 3.94. The van der Waals surface area contributed by atoms with E-state index in [1.54, 1.807) is 18.4 Å². The normalized spacial score (nSPS) is 19.1. The van der Waals surface area contributed by atoms with Crippen molar-refractivity contribution in [2.75, 3.05) is 13.1 Å². The minimum atomic E-state index is -0.510. The summed E-state index contributed by atoms with van der Waals surface area (Å²) < 4.78 is 11.7. The van der Waals surface area contributed by atoms with Crippen molar-refractivity contribution in [3.8, 4) is 17.0 Å². The zero-order valence-corrected chi connectivity index (χ0v) is 15.4. The molecule has 1 unspecified atom stereocenters. The van der Waals surface area contributed by atoms with Crippen LogP contribution in [0.1, 0.15) is 24.8 Å². The van der Waals surface area contributed by atoms with Gasteiger partial charge in [0.1, 0.15) is 23.3 Å². The van der Waals surface area contributed by atoms with E-state index in [0.29, 0.717) is 34.0 Å². The molecule has 6 nitrogen and oxygen atoms in total. The molecule has 1 saturated heterocycles. The Morgan fingerprint density at radius 2 is 2.04 bits per heavy atom. The average molecular weight is 384 g/mol. The molecule has 0 saturated carbocycles. The molecule has 2 aliphatic heterocycles. The number of carbonyl (C=O) groups excluding carboxylic acids is 1. The first-order chi connectivity index (χ1) is 13.2. The van der Waals surface area contributed by atoms with Crippen LogP contribution in [0.5, 0.6) is 5.75 Å². The van der Waals surface area contributed by atoms with Crippen molar-refractivity contribution in [2.24, 2.45) is 0 Å². The quantitative estimate of drug-likeness (QED) is 0.672. The number of likely N-dealkylation sites (tertiary alicyclic amines) is 1. The molecule has 138 valence electrons. The number of carbonyl (C=O) groups is 1. The van der Waals surface area contributed by atoms with Crippen molar-refractivity contribution in [3.63, 3.8) is 0 Å². The van der Waals surface area contributed by atoms with Crippen molar-refractivity contribution in [1.29, 1.82) is 0 Å². The van der Waals surface area contributed by atoms with E-state index in [-0.39, 0.29) is 5.91 Å². The molecule has 0 bridgehead atoms. The predicted molar refractivity (Wildman–Crippen MR) is 101 cm³/mol.